The Morgan fingerprint density at radius 2 is 2.07 bits per heavy atom. The van der Waals surface area contributed by atoms with Gasteiger partial charge < -0.3 is 15.2 Å². The molecule has 2 aromatic heterocycles. The predicted octanol–water partition coefficient (Wildman–Crippen LogP) is 3.22. The number of fused-ring (bicyclic) bond motifs is 1. The van der Waals surface area contributed by atoms with Crippen LogP contribution in [0, 0.1) is 0 Å². The standard InChI is InChI=1S/C22H30N4O3/c1-5-28-21(27)18(19(23)15-29-22(2,3)4)14-24-12-7-9-17-11-10-16-8-6-13-25-20(16)26-17/h6,8,10-11,13-14H,5,7,9,12,15,23H2,1-4H3. The second-order valence-electron chi connectivity index (χ2n) is 7.55. The molecule has 0 saturated carbocycles. The molecular weight excluding hydrogens is 368 g/mol. The summed E-state index contributed by atoms with van der Waals surface area (Å²) >= 11 is 0. The number of hydrogen-bond donors (Lipinski definition) is 1. The normalized spacial score (nSPS) is 13.0. The van der Waals surface area contributed by atoms with E-state index in [2.05, 4.69) is 15.0 Å². The molecule has 2 aromatic rings. The van der Waals surface area contributed by atoms with Crippen molar-refractivity contribution in [2.24, 2.45) is 10.7 Å². The number of aromatic nitrogens is 2. The van der Waals surface area contributed by atoms with Gasteiger partial charge in [-0.25, -0.2) is 14.8 Å². The summed E-state index contributed by atoms with van der Waals surface area (Å²) < 4.78 is 10.7. The fourth-order valence-electron chi connectivity index (χ4n) is 2.49. The van der Waals surface area contributed by atoms with Gasteiger partial charge >= 0.3 is 5.97 Å². The van der Waals surface area contributed by atoms with E-state index in [-0.39, 0.29) is 24.4 Å². The van der Waals surface area contributed by atoms with E-state index >= 15 is 0 Å². The Bertz CT molecular complexity index is 885. The molecule has 0 aromatic carbocycles. The summed E-state index contributed by atoms with van der Waals surface area (Å²) in [6.45, 7) is 8.47. The number of esters is 1. The summed E-state index contributed by atoms with van der Waals surface area (Å²) in [5, 5.41) is 1.02. The zero-order valence-electron chi connectivity index (χ0n) is 17.6. The molecule has 0 radical (unpaired) electrons. The lowest BCUT2D eigenvalue weighted by Gasteiger charge is -2.20. The molecule has 2 rings (SSSR count). The fraction of sp³-hybridized carbons (Fsp3) is 0.455. The number of pyridine rings is 2. The van der Waals surface area contributed by atoms with Crippen LogP contribution in [0.2, 0.25) is 0 Å². The monoisotopic (exact) mass is 398 g/mol. The molecule has 0 aliphatic carbocycles. The topological polar surface area (TPSA) is 99.7 Å². The van der Waals surface area contributed by atoms with Crippen molar-refractivity contribution in [3.63, 3.8) is 0 Å². The van der Waals surface area contributed by atoms with Gasteiger partial charge in [-0.2, -0.15) is 0 Å². The third kappa shape index (κ3) is 7.62. The number of aliphatic imine (C=N–C) groups is 1. The highest BCUT2D eigenvalue weighted by molar-refractivity contribution is 6.10. The van der Waals surface area contributed by atoms with Gasteiger partial charge in [0.2, 0.25) is 0 Å². The quantitative estimate of drug-likeness (QED) is 0.301. The van der Waals surface area contributed by atoms with Crippen molar-refractivity contribution in [3.8, 4) is 0 Å². The Kier molecular flexibility index (Phi) is 8.27. The molecular formula is C22H30N4O3. The van der Waals surface area contributed by atoms with E-state index in [9.17, 15) is 4.79 Å². The average Bonchev–Trinajstić information content (AvgIpc) is 2.68. The number of hydrogen-bond acceptors (Lipinski definition) is 7. The molecule has 0 aliphatic heterocycles. The van der Waals surface area contributed by atoms with Gasteiger partial charge in [0, 0.05) is 30.0 Å². The van der Waals surface area contributed by atoms with Gasteiger partial charge in [-0.15, -0.1) is 0 Å². The van der Waals surface area contributed by atoms with Crippen molar-refractivity contribution in [1.82, 2.24) is 9.97 Å². The molecule has 0 bridgehead atoms. The molecule has 2 N–H and O–H groups in total. The first-order valence-corrected chi connectivity index (χ1v) is 9.80. The van der Waals surface area contributed by atoms with Crippen molar-refractivity contribution >= 4 is 23.2 Å². The van der Waals surface area contributed by atoms with Crippen molar-refractivity contribution in [1.29, 1.82) is 0 Å². The molecule has 156 valence electrons. The highest BCUT2D eigenvalue weighted by atomic mass is 16.5. The lowest BCUT2D eigenvalue weighted by Crippen LogP contribution is -2.25. The maximum absolute atomic E-state index is 12.2. The van der Waals surface area contributed by atoms with Crippen LogP contribution in [0.1, 0.15) is 39.8 Å². The van der Waals surface area contributed by atoms with E-state index in [0.29, 0.717) is 12.2 Å². The fourth-order valence-corrected chi connectivity index (χ4v) is 2.49. The average molecular weight is 399 g/mol. The van der Waals surface area contributed by atoms with Crippen LogP contribution >= 0.6 is 0 Å². The Morgan fingerprint density at radius 3 is 2.79 bits per heavy atom. The van der Waals surface area contributed by atoms with Crippen molar-refractivity contribution in [2.75, 3.05) is 19.8 Å². The number of carbonyl (C=O) groups excluding carboxylic acids is 1. The third-order valence-electron chi connectivity index (χ3n) is 3.96. The van der Waals surface area contributed by atoms with Crippen LogP contribution in [0.5, 0.6) is 0 Å². The van der Waals surface area contributed by atoms with E-state index in [0.717, 1.165) is 29.6 Å². The van der Waals surface area contributed by atoms with E-state index < -0.39 is 5.97 Å². The van der Waals surface area contributed by atoms with Gasteiger partial charge in [-0.05, 0) is 64.8 Å². The maximum Gasteiger partial charge on any atom is 0.341 e. The molecule has 7 nitrogen and oxygen atoms in total. The smallest absolute Gasteiger partial charge is 0.341 e. The number of rotatable bonds is 9. The number of aryl methyl sites for hydroxylation is 1. The van der Waals surface area contributed by atoms with E-state index in [1.54, 1.807) is 13.1 Å². The van der Waals surface area contributed by atoms with E-state index in [4.69, 9.17) is 15.2 Å². The Balaban J connectivity index is 1.96. The van der Waals surface area contributed by atoms with Gasteiger partial charge in [0.15, 0.2) is 5.65 Å². The SMILES string of the molecule is CCOC(=O)C(C=NCCCc1ccc2cccnc2n1)=C(N)COC(C)(C)C. The Labute approximate surface area is 172 Å². The second kappa shape index (κ2) is 10.7. The van der Waals surface area contributed by atoms with Crippen LogP contribution in [-0.2, 0) is 20.7 Å². The first-order valence-electron chi connectivity index (χ1n) is 9.80. The minimum absolute atomic E-state index is 0.137. The molecule has 29 heavy (non-hydrogen) atoms. The number of nitrogens with two attached hydrogens (primary N) is 1. The van der Waals surface area contributed by atoms with Crippen LogP contribution < -0.4 is 5.73 Å². The molecule has 0 spiro atoms. The number of ether oxygens (including phenoxy) is 2. The lowest BCUT2D eigenvalue weighted by molar-refractivity contribution is -0.138. The van der Waals surface area contributed by atoms with Gasteiger partial charge in [0.25, 0.3) is 0 Å². The van der Waals surface area contributed by atoms with Crippen LogP contribution in [0.4, 0.5) is 0 Å². The lowest BCUT2D eigenvalue weighted by atomic mass is 10.2. The first-order chi connectivity index (χ1) is 13.8. The number of carbonyl (C=O) groups is 1. The molecule has 2 heterocycles. The molecule has 0 unspecified atom stereocenters. The largest absolute Gasteiger partial charge is 0.462 e. The van der Waals surface area contributed by atoms with E-state index in [1.165, 1.54) is 6.21 Å². The van der Waals surface area contributed by atoms with Crippen molar-refractivity contribution < 1.29 is 14.3 Å². The minimum atomic E-state index is -0.492. The summed E-state index contributed by atoms with van der Waals surface area (Å²) in [7, 11) is 0. The second-order valence-corrected chi connectivity index (χ2v) is 7.55. The third-order valence-corrected chi connectivity index (χ3v) is 3.96. The van der Waals surface area contributed by atoms with Gasteiger partial charge in [-0.3, -0.25) is 4.99 Å². The van der Waals surface area contributed by atoms with Crippen LogP contribution in [0.3, 0.4) is 0 Å². The molecule has 0 fully saturated rings. The van der Waals surface area contributed by atoms with E-state index in [1.807, 2.05) is 45.0 Å². The van der Waals surface area contributed by atoms with Crippen molar-refractivity contribution in [2.45, 2.75) is 46.1 Å². The van der Waals surface area contributed by atoms with Crippen molar-refractivity contribution in [3.05, 3.63) is 47.4 Å². The summed E-state index contributed by atoms with van der Waals surface area (Å²) in [5.74, 6) is -0.492. The molecule has 0 aliphatic rings. The Hall–Kier alpha value is -2.80. The van der Waals surface area contributed by atoms with Crippen LogP contribution in [-0.4, -0.2) is 47.5 Å². The summed E-state index contributed by atoms with van der Waals surface area (Å²) in [4.78, 5) is 25.4. The zero-order chi connectivity index (χ0) is 21.3. The summed E-state index contributed by atoms with van der Waals surface area (Å²) in [6, 6.07) is 7.90. The predicted molar refractivity (Wildman–Crippen MR) is 115 cm³/mol. The maximum atomic E-state index is 12.2. The first kappa shape index (κ1) is 22.5. The van der Waals surface area contributed by atoms with Gasteiger partial charge in [-0.1, -0.05) is 0 Å². The highest BCUT2D eigenvalue weighted by Crippen LogP contribution is 2.11. The minimum Gasteiger partial charge on any atom is -0.462 e. The van der Waals surface area contributed by atoms with Gasteiger partial charge in [0.1, 0.15) is 0 Å². The molecule has 7 heteroatoms. The summed E-state index contributed by atoms with van der Waals surface area (Å²) in [5.41, 5.74) is 7.96. The van der Waals surface area contributed by atoms with Gasteiger partial charge in [0.05, 0.1) is 30.1 Å². The molecule has 0 saturated heterocycles. The molecule has 0 amide bonds. The number of nitrogens with zero attached hydrogens (tertiary/aromatic N) is 3. The van der Waals surface area contributed by atoms with Crippen LogP contribution in [0.15, 0.2) is 46.7 Å². The highest BCUT2D eigenvalue weighted by Gasteiger charge is 2.16. The summed E-state index contributed by atoms with van der Waals surface area (Å²) in [6.07, 6.45) is 4.77. The Morgan fingerprint density at radius 1 is 1.28 bits per heavy atom. The molecule has 0 atom stereocenters. The zero-order valence-corrected chi connectivity index (χ0v) is 17.6. The van der Waals surface area contributed by atoms with Crippen LogP contribution in [0.25, 0.3) is 11.0 Å².